The second-order valence-electron chi connectivity index (χ2n) is 25.6. The molecule has 2 nitrogen and oxygen atoms in total. The van der Waals surface area contributed by atoms with Gasteiger partial charge >= 0.3 is 0 Å². The lowest BCUT2D eigenvalue weighted by atomic mass is 9.67. The van der Waals surface area contributed by atoms with E-state index in [0.717, 1.165) is 22.7 Å². The summed E-state index contributed by atoms with van der Waals surface area (Å²) in [6, 6.07) is 61.1. The van der Waals surface area contributed by atoms with Crippen LogP contribution >= 0.6 is 0 Å². The molecule has 8 aromatic rings. The fraction of sp³-hybridized carbons (Fsp3) is 0.324. The van der Waals surface area contributed by atoms with Crippen LogP contribution in [0.25, 0.3) is 33.0 Å². The molecular weight excluding hydrogens is 845 g/mol. The molecule has 0 radical (unpaired) electrons. The van der Waals surface area contributed by atoms with E-state index in [2.05, 4.69) is 278 Å². The summed E-state index contributed by atoms with van der Waals surface area (Å²) in [6.07, 6.45) is 0. The molecule has 0 aliphatic heterocycles. The first-order valence-electron chi connectivity index (χ1n) is 25.7. The van der Waals surface area contributed by atoms with Crippen LogP contribution in [0.15, 0.2) is 158 Å². The molecule has 10 rings (SSSR count). The first-order chi connectivity index (χ1) is 32.7. The van der Waals surface area contributed by atoms with E-state index in [0.29, 0.717) is 0 Å². The van der Waals surface area contributed by atoms with Gasteiger partial charge < -0.3 is 9.80 Å². The first-order valence-corrected chi connectivity index (χ1v) is 25.7. The third-order valence-corrected chi connectivity index (χ3v) is 15.9. The normalized spacial score (nSPS) is 14.8. The fourth-order valence-electron chi connectivity index (χ4n) is 11.5. The Balaban J connectivity index is 1.11. The maximum Gasteiger partial charge on any atom is 0.0465 e. The standard InChI is InChI=1S/C68H74N2/c1-63(2,3)43-20-28-47(29-21-43)69(48-30-22-44(23-31-48)64(4,5)6)51-36-38-53-56-42-60-61(55-18-17-19-57(62(55)56)67(13,14)58(53)40-51)54-39-37-52(41-59(54)68(60,15)16)70(49-32-24-45(25-33-49)65(7,8)9)50-34-26-46(27-35-50)66(10,11)12/h17-42H,1-16H3. The van der Waals surface area contributed by atoms with Gasteiger partial charge in [-0.25, -0.2) is 0 Å². The highest BCUT2D eigenvalue weighted by Crippen LogP contribution is 2.58. The molecule has 0 saturated carbocycles. The number of rotatable bonds is 6. The van der Waals surface area contributed by atoms with Gasteiger partial charge in [0.05, 0.1) is 0 Å². The van der Waals surface area contributed by atoms with Crippen LogP contribution in [-0.2, 0) is 32.5 Å². The van der Waals surface area contributed by atoms with E-state index in [1.54, 1.807) is 0 Å². The van der Waals surface area contributed by atoms with E-state index in [-0.39, 0.29) is 32.5 Å². The Hall–Kier alpha value is -6.38. The summed E-state index contributed by atoms with van der Waals surface area (Å²) in [4.78, 5) is 4.90. The quantitative estimate of drug-likeness (QED) is 0.164. The van der Waals surface area contributed by atoms with Gasteiger partial charge in [0.2, 0.25) is 0 Å². The van der Waals surface area contributed by atoms with Crippen LogP contribution in [0.2, 0.25) is 0 Å². The minimum absolute atomic E-state index is 0.0680. The van der Waals surface area contributed by atoms with Crippen molar-refractivity contribution in [2.75, 3.05) is 9.80 Å². The highest BCUT2D eigenvalue weighted by molar-refractivity contribution is 6.13. The van der Waals surface area contributed by atoms with Crippen molar-refractivity contribution in [3.63, 3.8) is 0 Å². The van der Waals surface area contributed by atoms with Crippen molar-refractivity contribution in [3.05, 3.63) is 202 Å². The number of hydrogen-bond donors (Lipinski definition) is 0. The van der Waals surface area contributed by atoms with E-state index >= 15 is 0 Å². The van der Waals surface area contributed by atoms with E-state index < -0.39 is 0 Å². The molecule has 0 amide bonds. The molecule has 356 valence electrons. The molecule has 2 heteroatoms. The Kier molecular flexibility index (Phi) is 10.9. The Bertz CT molecular complexity index is 3180. The summed E-state index contributed by atoms with van der Waals surface area (Å²) in [7, 11) is 0. The van der Waals surface area contributed by atoms with Crippen molar-refractivity contribution in [1.82, 2.24) is 0 Å². The SMILES string of the molecule is CC(C)(C)c1ccc(N(c2ccc(C(C)(C)C)cc2)c2ccc3c(c2)C(C)(C)c2cc4c5c(cccc5c2-3)C(C)(C)c2cc(N(c3ccc(C(C)(C)C)cc3)c3ccc(C(C)(C)C)cc3)ccc2-4)cc1. The molecule has 70 heavy (non-hydrogen) atoms. The van der Waals surface area contributed by atoms with Gasteiger partial charge in [0, 0.05) is 45.0 Å². The average Bonchev–Trinajstić information content (AvgIpc) is 3.53. The second kappa shape index (κ2) is 16.1. The van der Waals surface area contributed by atoms with Gasteiger partial charge in [-0.15, -0.1) is 0 Å². The number of nitrogens with zero attached hydrogens (tertiary/aromatic N) is 2. The summed E-state index contributed by atoms with van der Waals surface area (Å²) in [5, 5.41) is 2.73. The topological polar surface area (TPSA) is 6.48 Å². The number of anilines is 6. The Morgan fingerprint density at radius 2 is 0.629 bits per heavy atom. The largest absolute Gasteiger partial charge is 0.310 e. The van der Waals surface area contributed by atoms with Gasteiger partial charge in [0.25, 0.3) is 0 Å². The lowest BCUT2D eigenvalue weighted by Gasteiger charge is -2.37. The maximum absolute atomic E-state index is 2.57. The summed E-state index contributed by atoms with van der Waals surface area (Å²) < 4.78 is 0. The Morgan fingerprint density at radius 3 is 1.00 bits per heavy atom. The summed E-state index contributed by atoms with van der Waals surface area (Å²) in [6.45, 7) is 37.2. The zero-order chi connectivity index (χ0) is 50.1. The minimum Gasteiger partial charge on any atom is -0.310 e. The number of benzene rings is 8. The lowest BCUT2D eigenvalue weighted by Crippen LogP contribution is -2.25. The minimum atomic E-state index is -0.254. The molecular formula is C68H74N2. The molecule has 0 unspecified atom stereocenters. The van der Waals surface area contributed by atoms with E-state index in [1.807, 2.05) is 0 Å². The van der Waals surface area contributed by atoms with Crippen LogP contribution < -0.4 is 9.80 Å². The highest BCUT2D eigenvalue weighted by atomic mass is 15.1. The summed E-state index contributed by atoms with van der Waals surface area (Å²) in [5.74, 6) is 0. The average molecular weight is 919 g/mol. The third kappa shape index (κ3) is 7.87. The highest BCUT2D eigenvalue weighted by Gasteiger charge is 2.41. The van der Waals surface area contributed by atoms with Crippen LogP contribution in [0, 0.1) is 0 Å². The smallest absolute Gasteiger partial charge is 0.0465 e. The monoisotopic (exact) mass is 919 g/mol. The molecule has 0 N–H and O–H groups in total. The van der Waals surface area contributed by atoms with Crippen LogP contribution in [0.3, 0.4) is 0 Å². The molecule has 0 spiro atoms. The molecule has 0 aromatic heterocycles. The van der Waals surface area contributed by atoms with Crippen LogP contribution in [-0.4, -0.2) is 0 Å². The van der Waals surface area contributed by atoms with E-state index in [4.69, 9.17) is 0 Å². The predicted molar refractivity (Wildman–Crippen MR) is 303 cm³/mol. The van der Waals surface area contributed by atoms with Gasteiger partial charge in [-0.2, -0.15) is 0 Å². The molecule has 2 aliphatic carbocycles. The third-order valence-electron chi connectivity index (χ3n) is 15.9. The zero-order valence-electron chi connectivity index (χ0n) is 44.9. The Labute approximate surface area is 420 Å². The lowest BCUT2D eigenvalue weighted by molar-refractivity contribution is 0.590. The van der Waals surface area contributed by atoms with Crippen molar-refractivity contribution in [2.24, 2.45) is 0 Å². The number of fused-ring (bicyclic) bond motifs is 6. The van der Waals surface area contributed by atoms with Crippen molar-refractivity contribution in [1.29, 1.82) is 0 Å². The van der Waals surface area contributed by atoms with Gasteiger partial charge in [-0.05, 0) is 178 Å². The van der Waals surface area contributed by atoms with Gasteiger partial charge in [0.15, 0.2) is 0 Å². The number of hydrogen-bond acceptors (Lipinski definition) is 2. The van der Waals surface area contributed by atoms with E-state index in [9.17, 15) is 0 Å². The van der Waals surface area contributed by atoms with Gasteiger partial charge in [-0.3, -0.25) is 0 Å². The van der Waals surface area contributed by atoms with Crippen LogP contribution in [0.5, 0.6) is 0 Å². The predicted octanol–water partition coefficient (Wildman–Crippen LogP) is 19.6. The van der Waals surface area contributed by atoms with Crippen molar-refractivity contribution < 1.29 is 0 Å². The van der Waals surface area contributed by atoms with Gasteiger partial charge in [-0.1, -0.05) is 190 Å². The molecule has 0 heterocycles. The van der Waals surface area contributed by atoms with Crippen molar-refractivity contribution >= 4 is 44.9 Å². The zero-order valence-corrected chi connectivity index (χ0v) is 44.9. The van der Waals surface area contributed by atoms with Gasteiger partial charge in [0.1, 0.15) is 0 Å². The summed E-state index contributed by atoms with van der Waals surface area (Å²) in [5.41, 5.74) is 23.0. The fourth-order valence-corrected chi connectivity index (χ4v) is 11.5. The summed E-state index contributed by atoms with van der Waals surface area (Å²) >= 11 is 0. The van der Waals surface area contributed by atoms with Crippen molar-refractivity contribution in [2.45, 2.75) is 143 Å². The second-order valence-corrected chi connectivity index (χ2v) is 25.6. The molecule has 0 saturated heterocycles. The molecule has 0 bridgehead atoms. The molecule has 0 atom stereocenters. The molecule has 0 fully saturated rings. The van der Waals surface area contributed by atoms with E-state index in [1.165, 1.54) is 88.9 Å². The Morgan fingerprint density at radius 1 is 0.300 bits per heavy atom. The first kappa shape index (κ1) is 47.3. The molecule has 2 aliphatic rings. The van der Waals surface area contributed by atoms with Crippen LogP contribution in [0.4, 0.5) is 34.1 Å². The molecule has 8 aromatic carbocycles. The van der Waals surface area contributed by atoms with Crippen molar-refractivity contribution in [3.8, 4) is 22.3 Å². The van der Waals surface area contributed by atoms with Crippen LogP contribution in [0.1, 0.15) is 155 Å². The maximum atomic E-state index is 2.57.